The molecule has 0 aromatic heterocycles. The van der Waals surface area contributed by atoms with Gasteiger partial charge in [0.1, 0.15) is 0 Å². The fraction of sp³-hybridized carbons (Fsp3) is 0.316. The van der Waals surface area contributed by atoms with Crippen LogP contribution in [0.5, 0.6) is 0 Å². The highest BCUT2D eigenvalue weighted by molar-refractivity contribution is 7.92. The molecule has 0 heterocycles. The Morgan fingerprint density at radius 2 is 1.86 bits per heavy atom. The Labute approximate surface area is 164 Å². The lowest BCUT2D eigenvalue weighted by molar-refractivity contribution is -0.385. The van der Waals surface area contributed by atoms with Crippen LogP contribution in [-0.4, -0.2) is 25.8 Å². The normalized spacial score (nSPS) is 11.3. The summed E-state index contributed by atoms with van der Waals surface area (Å²) in [6.07, 6.45) is 0. The van der Waals surface area contributed by atoms with Crippen LogP contribution in [0.25, 0.3) is 0 Å². The van der Waals surface area contributed by atoms with E-state index in [1.165, 1.54) is 37.3 Å². The Kier molecular flexibility index (Phi) is 6.40. The molecular weight excluding hydrogens is 382 g/mol. The van der Waals surface area contributed by atoms with E-state index in [-0.39, 0.29) is 39.2 Å². The van der Waals surface area contributed by atoms with E-state index in [0.717, 1.165) is 0 Å². The average molecular weight is 405 g/mol. The molecule has 2 rings (SSSR count). The van der Waals surface area contributed by atoms with Gasteiger partial charge in [-0.15, -0.1) is 0 Å². The molecule has 0 radical (unpaired) electrons. The van der Waals surface area contributed by atoms with Gasteiger partial charge >= 0.3 is 0 Å². The van der Waals surface area contributed by atoms with Gasteiger partial charge in [-0.3, -0.25) is 19.6 Å². The Morgan fingerprint density at radius 1 is 1.18 bits per heavy atom. The second-order valence-corrected chi connectivity index (χ2v) is 8.58. The van der Waals surface area contributed by atoms with Gasteiger partial charge in [-0.1, -0.05) is 26.0 Å². The Balaban J connectivity index is 2.37. The van der Waals surface area contributed by atoms with Crippen LogP contribution >= 0.6 is 0 Å². The highest BCUT2D eigenvalue weighted by Crippen LogP contribution is 2.27. The first-order valence-electron chi connectivity index (χ1n) is 8.68. The highest BCUT2D eigenvalue weighted by atomic mass is 32.2. The molecule has 2 aromatic carbocycles. The first kappa shape index (κ1) is 21.4. The summed E-state index contributed by atoms with van der Waals surface area (Å²) in [5.41, 5.74) is 1.04. The Hall–Kier alpha value is -2.94. The van der Waals surface area contributed by atoms with E-state index in [9.17, 15) is 23.3 Å². The van der Waals surface area contributed by atoms with Crippen LogP contribution < -0.4 is 10.0 Å². The van der Waals surface area contributed by atoms with Gasteiger partial charge in [0.05, 0.1) is 21.1 Å². The van der Waals surface area contributed by atoms with Gasteiger partial charge in [0.25, 0.3) is 21.6 Å². The molecule has 8 nitrogen and oxygen atoms in total. The zero-order valence-corrected chi connectivity index (χ0v) is 17.0. The molecule has 9 heteroatoms. The van der Waals surface area contributed by atoms with E-state index in [4.69, 9.17) is 0 Å². The number of carbonyl (C=O) groups excluding carboxylic acids is 1. The molecule has 0 aliphatic heterocycles. The van der Waals surface area contributed by atoms with Crippen molar-refractivity contribution in [2.45, 2.75) is 32.6 Å². The van der Waals surface area contributed by atoms with Crippen molar-refractivity contribution in [2.24, 2.45) is 5.92 Å². The molecule has 0 saturated carbocycles. The molecule has 150 valence electrons. The molecule has 1 amide bonds. The fourth-order valence-electron chi connectivity index (χ4n) is 2.54. The molecule has 2 aromatic rings. The largest absolute Gasteiger partial charge is 0.352 e. The number of sulfonamides is 1. The summed E-state index contributed by atoms with van der Waals surface area (Å²) in [7, 11) is -4.03. The molecular formula is C19H23N3O5S. The standard InChI is InChI=1S/C19H23N3O5S/c1-12(2)11-20-19(23)16-10-15(9-8-13(16)3)28(26,27)21-17-6-5-7-18(14(17)4)22(24)25/h5-10,12,21H,11H2,1-4H3,(H,20,23). The number of anilines is 1. The van der Waals surface area contributed by atoms with Gasteiger partial charge in [-0.2, -0.15) is 0 Å². The van der Waals surface area contributed by atoms with E-state index in [1.807, 2.05) is 13.8 Å². The zero-order valence-electron chi connectivity index (χ0n) is 16.1. The first-order chi connectivity index (χ1) is 13.0. The van der Waals surface area contributed by atoms with E-state index < -0.39 is 14.9 Å². The number of benzene rings is 2. The predicted molar refractivity (Wildman–Crippen MR) is 107 cm³/mol. The quantitative estimate of drug-likeness (QED) is 0.541. The minimum Gasteiger partial charge on any atom is -0.352 e. The monoisotopic (exact) mass is 405 g/mol. The van der Waals surface area contributed by atoms with E-state index in [1.54, 1.807) is 13.0 Å². The summed E-state index contributed by atoms with van der Waals surface area (Å²) >= 11 is 0. The summed E-state index contributed by atoms with van der Waals surface area (Å²) in [5, 5.41) is 13.8. The predicted octanol–water partition coefficient (Wildman–Crippen LogP) is 3.40. The smallest absolute Gasteiger partial charge is 0.274 e. The summed E-state index contributed by atoms with van der Waals surface area (Å²) < 4.78 is 27.9. The van der Waals surface area contributed by atoms with Gasteiger partial charge in [0, 0.05) is 18.2 Å². The Bertz CT molecular complexity index is 1020. The lowest BCUT2D eigenvalue weighted by Gasteiger charge is -2.13. The minimum absolute atomic E-state index is 0.0984. The molecule has 0 aliphatic carbocycles. The molecule has 0 saturated heterocycles. The lowest BCUT2D eigenvalue weighted by Crippen LogP contribution is -2.28. The van der Waals surface area contributed by atoms with Gasteiger partial charge < -0.3 is 5.32 Å². The van der Waals surface area contributed by atoms with Crippen molar-refractivity contribution < 1.29 is 18.1 Å². The first-order valence-corrected chi connectivity index (χ1v) is 10.2. The van der Waals surface area contributed by atoms with Gasteiger partial charge in [-0.25, -0.2) is 8.42 Å². The van der Waals surface area contributed by atoms with Gasteiger partial charge in [0.2, 0.25) is 0 Å². The van der Waals surface area contributed by atoms with E-state index in [2.05, 4.69) is 10.0 Å². The molecule has 0 bridgehead atoms. The van der Waals surface area contributed by atoms with E-state index in [0.29, 0.717) is 12.1 Å². The minimum atomic E-state index is -4.03. The second kappa shape index (κ2) is 8.39. The SMILES string of the molecule is Cc1ccc(S(=O)(=O)Nc2cccc([N+](=O)[O-])c2C)cc1C(=O)NCC(C)C. The summed E-state index contributed by atoms with van der Waals surface area (Å²) in [4.78, 5) is 22.8. The van der Waals surface area contributed by atoms with Crippen LogP contribution in [-0.2, 0) is 10.0 Å². The van der Waals surface area contributed by atoms with Gasteiger partial charge in [-0.05, 0) is 43.5 Å². The number of amides is 1. The van der Waals surface area contributed by atoms with Crippen molar-refractivity contribution >= 4 is 27.3 Å². The van der Waals surface area contributed by atoms with Crippen LogP contribution in [0.4, 0.5) is 11.4 Å². The number of nitro groups is 1. The summed E-state index contributed by atoms with van der Waals surface area (Å²) in [5.74, 6) is -0.0931. The number of aryl methyl sites for hydroxylation is 1. The maximum Gasteiger partial charge on any atom is 0.274 e. The number of nitrogens with one attached hydrogen (secondary N) is 2. The molecule has 0 aliphatic rings. The van der Waals surface area contributed by atoms with Crippen molar-refractivity contribution in [3.63, 3.8) is 0 Å². The summed E-state index contributed by atoms with van der Waals surface area (Å²) in [6.45, 7) is 7.58. The van der Waals surface area contributed by atoms with Crippen LogP contribution in [0.2, 0.25) is 0 Å². The number of rotatable bonds is 7. The number of carbonyl (C=O) groups is 1. The topological polar surface area (TPSA) is 118 Å². The molecule has 0 atom stereocenters. The zero-order chi connectivity index (χ0) is 21.1. The van der Waals surface area contributed by atoms with Crippen molar-refractivity contribution in [3.8, 4) is 0 Å². The van der Waals surface area contributed by atoms with Crippen molar-refractivity contribution in [1.29, 1.82) is 0 Å². The molecule has 0 spiro atoms. The highest BCUT2D eigenvalue weighted by Gasteiger charge is 2.21. The third-order valence-corrected chi connectivity index (χ3v) is 5.54. The number of hydrogen-bond acceptors (Lipinski definition) is 5. The Morgan fingerprint density at radius 3 is 2.46 bits per heavy atom. The number of nitrogens with zero attached hydrogens (tertiary/aromatic N) is 1. The third kappa shape index (κ3) is 4.86. The van der Waals surface area contributed by atoms with Crippen LogP contribution in [0.3, 0.4) is 0 Å². The molecule has 28 heavy (non-hydrogen) atoms. The molecule has 0 unspecified atom stereocenters. The van der Waals surface area contributed by atoms with E-state index >= 15 is 0 Å². The maximum absolute atomic E-state index is 12.8. The van der Waals surface area contributed by atoms with Crippen molar-refractivity contribution in [1.82, 2.24) is 5.32 Å². The third-order valence-electron chi connectivity index (χ3n) is 4.18. The van der Waals surface area contributed by atoms with Crippen LogP contribution in [0.1, 0.15) is 35.3 Å². The van der Waals surface area contributed by atoms with Crippen LogP contribution in [0.15, 0.2) is 41.3 Å². The van der Waals surface area contributed by atoms with Crippen LogP contribution in [0, 0.1) is 29.9 Å². The maximum atomic E-state index is 12.8. The second-order valence-electron chi connectivity index (χ2n) is 6.89. The molecule has 2 N–H and O–H groups in total. The van der Waals surface area contributed by atoms with Crippen molar-refractivity contribution in [2.75, 3.05) is 11.3 Å². The number of nitro benzene ring substituents is 1. The number of hydrogen-bond donors (Lipinski definition) is 2. The van der Waals surface area contributed by atoms with Gasteiger partial charge in [0.15, 0.2) is 0 Å². The van der Waals surface area contributed by atoms with Crippen molar-refractivity contribution in [3.05, 3.63) is 63.2 Å². The molecule has 0 fully saturated rings. The fourth-order valence-corrected chi connectivity index (χ4v) is 3.69. The summed E-state index contributed by atoms with van der Waals surface area (Å²) in [6, 6.07) is 8.41. The lowest BCUT2D eigenvalue weighted by atomic mass is 10.1. The average Bonchev–Trinajstić information content (AvgIpc) is 2.61.